The largest absolute Gasteiger partial charge is 0.378 e. The van der Waals surface area contributed by atoms with E-state index in [0.717, 1.165) is 18.4 Å². The minimum atomic E-state index is -0.124. The fourth-order valence-corrected chi connectivity index (χ4v) is 2.92. The van der Waals surface area contributed by atoms with E-state index in [0.29, 0.717) is 17.6 Å². The molecular weight excluding hydrogens is 347 g/mol. The molecule has 0 aromatic heterocycles. The topological polar surface area (TPSA) is 9.23 Å². The third kappa shape index (κ3) is 13.1. The van der Waals surface area contributed by atoms with Crippen molar-refractivity contribution in [2.75, 3.05) is 6.61 Å². The summed E-state index contributed by atoms with van der Waals surface area (Å²) in [5.41, 5.74) is 2.30. The molecule has 0 saturated carbocycles. The van der Waals surface area contributed by atoms with Gasteiger partial charge < -0.3 is 4.74 Å². The van der Waals surface area contributed by atoms with Crippen LogP contribution in [0.2, 0.25) is 0 Å². The Labute approximate surface area is 174 Å². The summed E-state index contributed by atoms with van der Waals surface area (Å²) < 4.78 is 18.1. The van der Waals surface area contributed by atoms with Crippen molar-refractivity contribution >= 4 is 0 Å². The molecule has 3 aliphatic rings. The maximum Gasteiger partial charge on any atom is 0.125 e. The fourth-order valence-electron chi connectivity index (χ4n) is 2.92. The van der Waals surface area contributed by atoms with Crippen molar-refractivity contribution in [3.05, 3.63) is 47.4 Å². The second-order valence-electron chi connectivity index (χ2n) is 8.36. The SMILES string of the molecule is CC.CC1=C(F)C=CC(C)C=C1.CC1=CCC(C)CC1.CC1CCC(C)OC1. The third-order valence-electron chi connectivity index (χ3n) is 5.20. The Balaban J connectivity index is 0.000000376. The molecule has 0 aromatic carbocycles. The molecule has 4 unspecified atom stereocenters. The van der Waals surface area contributed by atoms with Crippen molar-refractivity contribution in [3.8, 4) is 0 Å². The summed E-state index contributed by atoms with van der Waals surface area (Å²) in [5.74, 6) is 1.97. The molecule has 0 aromatic rings. The molecule has 2 aliphatic carbocycles. The third-order valence-corrected chi connectivity index (χ3v) is 5.20. The van der Waals surface area contributed by atoms with Crippen LogP contribution >= 0.6 is 0 Å². The Morgan fingerprint density at radius 2 is 1.54 bits per heavy atom. The van der Waals surface area contributed by atoms with E-state index in [2.05, 4.69) is 33.8 Å². The molecule has 28 heavy (non-hydrogen) atoms. The second kappa shape index (κ2) is 15.7. The minimum Gasteiger partial charge on any atom is -0.378 e. The average molecular weight is 393 g/mol. The van der Waals surface area contributed by atoms with Gasteiger partial charge in [0.15, 0.2) is 0 Å². The average Bonchev–Trinajstić information content (AvgIpc) is 2.85. The van der Waals surface area contributed by atoms with Gasteiger partial charge in [0.25, 0.3) is 0 Å². The Hall–Kier alpha value is -1.15. The summed E-state index contributed by atoms with van der Waals surface area (Å²) in [4.78, 5) is 0. The van der Waals surface area contributed by atoms with Gasteiger partial charge in [-0.15, -0.1) is 0 Å². The first kappa shape index (κ1) is 26.9. The van der Waals surface area contributed by atoms with Crippen molar-refractivity contribution in [2.45, 2.75) is 93.6 Å². The van der Waals surface area contributed by atoms with Gasteiger partial charge in [0.1, 0.15) is 5.83 Å². The van der Waals surface area contributed by atoms with E-state index in [9.17, 15) is 4.39 Å². The molecule has 162 valence electrons. The zero-order valence-electron chi connectivity index (χ0n) is 19.7. The lowest BCUT2D eigenvalue weighted by Crippen LogP contribution is -2.21. The van der Waals surface area contributed by atoms with Gasteiger partial charge in [-0.3, -0.25) is 0 Å². The molecule has 1 nitrogen and oxygen atoms in total. The van der Waals surface area contributed by atoms with Crippen LogP contribution in [0.1, 0.15) is 87.5 Å². The Kier molecular flexibility index (Phi) is 15.1. The van der Waals surface area contributed by atoms with E-state index in [1.165, 1.54) is 38.2 Å². The van der Waals surface area contributed by atoms with Crippen molar-refractivity contribution in [1.29, 1.82) is 0 Å². The quantitative estimate of drug-likeness (QED) is 0.375. The Bertz CT molecular complexity index is 487. The van der Waals surface area contributed by atoms with Crippen LogP contribution in [0.3, 0.4) is 0 Å². The maximum absolute atomic E-state index is 12.8. The highest BCUT2D eigenvalue weighted by Crippen LogP contribution is 2.21. The molecule has 1 fully saturated rings. The molecule has 2 heteroatoms. The molecule has 3 rings (SSSR count). The lowest BCUT2D eigenvalue weighted by molar-refractivity contribution is 0.000267. The lowest BCUT2D eigenvalue weighted by atomic mass is 9.92. The summed E-state index contributed by atoms with van der Waals surface area (Å²) >= 11 is 0. The second-order valence-corrected chi connectivity index (χ2v) is 8.36. The predicted octanol–water partition coefficient (Wildman–Crippen LogP) is 8.59. The molecule has 1 heterocycles. The zero-order valence-corrected chi connectivity index (χ0v) is 19.7. The van der Waals surface area contributed by atoms with Crippen molar-refractivity contribution < 1.29 is 9.13 Å². The van der Waals surface area contributed by atoms with Crippen LogP contribution in [-0.2, 0) is 4.74 Å². The number of rotatable bonds is 0. The molecule has 1 saturated heterocycles. The summed E-state index contributed by atoms with van der Waals surface area (Å²) in [5, 5.41) is 0. The highest BCUT2D eigenvalue weighted by atomic mass is 19.1. The van der Waals surface area contributed by atoms with E-state index in [-0.39, 0.29) is 5.83 Å². The molecular formula is C26H45FO. The first-order chi connectivity index (χ1) is 13.3. The number of ether oxygens (including phenoxy) is 1. The van der Waals surface area contributed by atoms with E-state index in [1.54, 1.807) is 12.5 Å². The first-order valence-corrected chi connectivity index (χ1v) is 11.3. The monoisotopic (exact) mass is 392 g/mol. The number of hydrogen-bond donors (Lipinski definition) is 0. The van der Waals surface area contributed by atoms with Crippen LogP contribution in [0.25, 0.3) is 0 Å². The highest BCUT2D eigenvalue weighted by molar-refractivity contribution is 5.31. The Morgan fingerprint density at radius 3 is 2.00 bits per heavy atom. The van der Waals surface area contributed by atoms with E-state index in [1.807, 2.05) is 39.0 Å². The summed E-state index contributed by atoms with van der Waals surface area (Å²) in [6.45, 7) is 17.7. The van der Waals surface area contributed by atoms with Crippen LogP contribution in [0.15, 0.2) is 47.4 Å². The van der Waals surface area contributed by atoms with E-state index < -0.39 is 0 Å². The van der Waals surface area contributed by atoms with E-state index in [4.69, 9.17) is 4.74 Å². The van der Waals surface area contributed by atoms with Gasteiger partial charge in [-0.05, 0) is 82.3 Å². The smallest absolute Gasteiger partial charge is 0.125 e. The minimum absolute atomic E-state index is 0.124. The summed E-state index contributed by atoms with van der Waals surface area (Å²) in [6, 6.07) is 0. The van der Waals surface area contributed by atoms with Crippen LogP contribution < -0.4 is 0 Å². The normalized spacial score (nSPS) is 29.1. The number of halogens is 1. The number of allylic oxidation sites excluding steroid dienone is 8. The van der Waals surface area contributed by atoms with Crippen LogP contribution in [-0.4, -0.2) is 12.7 Å². The van der Waals surface area contributed by atoms with Gasteiger partial charge in [0.05, 0.1) is 6.10 Å². The van der Waals surface area contributed by atoms with Crippen molar-refractivity contribution in [1.82, 2.24) is 0 Å². The molecule has 0 bridgehead atoms. The van der Waals surface area contributed by atoms with Crippen LogP contribution in [0, 0.1) is 17.8 Å². The van der Waals surface area contributed by atoms with Crippen molar-refractivity contribution in [2.24, 2.45) is 17.8 Å². The molecule has 0 radical (unpaired) electrons. The lowest BCUT2D eigenvalue weighted by Gasteiger charge is -2.23. The number of hydrogen-bond acceptors (Lipinski definition) is 1. The maximum atomic E-state index is 12.8. The Morgan fingerprint density at radius 1 is 0.893 bits per heavy atom. The molecule has 0 N–H and O–H groups in total. The van der Waals surface area contributed by atoms with E-state index >= 15 is 0 Å². The van der Waals surface area contributed by atoms with Gasteiger partial charge in [-0.2, -0.15) is 0 Å². The molecule has 1 aliphatic heterocycles. The summed E-state index contributed by atoms with van der Waals surface area (Å²) in [6.07, 6.45) is 16.7. The van der Waals surface area contributed by atoms with Gasteiger partial charge in [-0.25, -0.2) is 4.39 Å². The zero-order chi connectivity index (χ0) is 21.5. The predicted molar refractivity (Wildman–Crippen MR) is 123 cm³/mol. The van der Waals surface area contributed by atoms with Gasteiger partial charge in [0.2, 0.25) is 0 Å². The van der Waals surface area contributed by atoms with Crippen LogP contribution in [0.4, 0.5) is 4.39 Å². The van der Waals surface area contributed by atoms with Crippen LogP contribution in [0.5, 0.6) is 0 Å². The highest BCUT2D eigenvalue weighted by Gasteiger charge is 2.13. The first-order valence-electron chi connectivity index (χ1n) is 11.3. The summed E-state index contributed by atoms with van der Waals surface area (Å²) in [7, 11) is 0. The van der Waals surface area contributed by atoms with Crippen molar-refractivity contribution in [3.63, 3.8) is 0 Å². The fraction of sp³-hybridized carbons (Fsp3) is 0.692. The van der Waals surface area contributed by atoms with Gasteiger partial charge in [-0.1, -0.05) is 64.5 Å². The van der Waals surface area contributed by atoms with Gasteiger partial charge in [0, 0.05) is 6.61 Å². The van der Waals surface area contributed by atoms with Gasteiger partial charge >= 0.3 is 0 Å². The molecule has 0 amide bonds. The molecule has 0 spiro atoms. The molecule has 4 atom stereocenters. The standard InChI is InChI=1S/C9H11F.C8H14.C7H14O.C2H6/c1-7-3-5-8(2)9(10)6-4-7;1-7-3-5-8(2)6-4-7;1-6-3-4-7(2)8-5-6;1-2/h3-7H,1-2H3;3,8H,4-6H2,1-2H3;6-7H,3-5H2,1-2H3;1-2H3.